The van der Waals surface area contributed by atoms with Crippen molar-refractivity contribution in [1.29, 1.82) is 0 Å². The van der Waals surface area contributed by atoms with E-state index in [0.717, 1.165) is 10.9 Å². The third kappa shape index (κ3) is 2.37. The van der Waals surface area contributed by atoms with Crippen LogP contribution in [0.1, 0.15) is 13.3 Å². The number of carboxylic acid groups (broad SMARTS) is 1. The number of carbonyl (C=O) groups is 2. The molecule has 1 aromatic carbocycles. The van der Waals surface area contributed by atoms with Crippen molar-refractivity contribution in [3.05, 3.63) is 30.5 Å². The molecule has 1 N–H and O–H groups in total. The number of carbonyl (C=O) groups excluding carboxylic acids is 1. The van der Waals surface area contributed by atoms with Gasteiger partial charge >= 0.3 is 5.97 Å². The predicted octanol–water partition coefficient (Wildman–Crippen LogP) is 1.36. The lowest BCUT2D eigenvalue weighted by molar-refractivity contribution is -0.143. The average molecular weight is 287 g/mol. The largest absolute Gasteiger partial charge is 0.481 e. The Morgan fingerprint density at radius 1 is 1.38 bits per heavy atom. The summed E-state index contributed by atoms with van der Waals surface area (Å²) >= 11 is 0. The van der Waals surface area contributed by atoms with Gasteiger partial charge in [-0.15, -0.1) is 0 Å². The highest BCUT2D eigenvalue weighted by Crippen LogP contribution is 2.25. The summed E-state index contributed by atoms with van der Waals surface area (Å²) in [7, 11) is 0. The minimum atomic E-state index is -0.831. The highest BCUT2D eigenvalue weighted by Gasteiger charge is 2.38. The van der Waals surface area contributed by atoms with Gasteiger partial charge in [0.05, 0.1) is 17.6 Å². The molecule has 1 fully saturated rings. The summed E-state index contributed by atoms with van der Waals surface area (Å²) in [6.45, 7) is 2.44. The number of hydrogen-bond donors (Lipinski definition) is 1. The molecule has 2 heterocycles. The fourth-order valence-electron chi connectivity index (χ4n) is 2.99. The van der Waals surface area contributed by atoms with E-state index in [0.29, 0.717) is 13.0 Å². The van der Waals surface area contributed by atoms with Crippen LogP contribution in [0.4, 0.5) is 0 Å². The number of hydrogen-bond acceptors (Lipinski definition) is 3. The van der Waals surface area contributed by atoms with E-state index < -0.39 is 11.9 Å². The summed E-state index contributed by atoms with van der Waals surface area (Å²) < 4.78 is 1.67. The predicted molar refractivity (Wildman–Crippen MR) is 76.7 cm³/mol. The van der Waals surface area contributed by atoms with Gasteiger partial charge in [0.25, 0.3) is 0 Å². The number of fused-ring (bicyclic) bond motifs is 1. The Labute approximate surface area is 122 Å². The maximum atomic E-state index is 12.4. The molecule has 0 aliphatic carbocycles. The standard InChI is InChI=1S/C15H17N3O3/c1-10-12(15(20)21)6-7-17(10)14(19)9-18-13-5-3-2-4-11(13)8-16-18/h2-5,8,10,12H,6-7,9H2,1H3,(H,20,21). The number of likely N-dealkylation sites (tertiary alicyclic amines) is 1. The van der Waals surface area contributed by atoms with Crippen molar-refractivity contribution in [3.8, 4) is 0 Å². The zero-order chi connectivity index (χ0) is 15.0. The van der Waals surface area contributed by atoms with Gasteiger partial charge in [0.1, 0.15) is 6.54 Å². The van der Waals surface area contributed by atoms with E-state index in [9.17, 15) is 9.59 Å². The van der Waals surface area contributed by atoms with Crippen LogP contribution in [0.15, 0.2) is 30.5 Å². The second kappa shape index (κ2) is 5.20. The van der Waals surface area contributed by atoms with Crippen LogP contribution in [0, 0.1) is 5.92 Å². The van der Waals surface area contributed by atoms with Crippen LogP contribution in [0.3, 0.4) is 0 Å². The van der Waals surface area contributed by atoms with E-state index in [-0.39, 0.29) is 18.5 Å². The lowest BCUT2D eigenvalue weighted by atomic mass is 10.0. The molecule has 1 aromatic heterocycles. The first-order chi connectivity index (χ1) is 10.1. The maximum absolute atomic E-state index is 12.4. The zero-order valence-corrected chi connectivity index (χ0v) is 11.8. The summed E-state index contributed by atoms with van der Waals surface area (Å²) in [4.78, 5) is 25.2. The third-order valence-electron chi connectivity index (χ3n) is 4.23. The molecular formula is C15H17N3O3. The second-order valence-electron chi connectivity index (χ2n) is 5.42. The van der Waals surface area contributed by atoms with Gasteiger partial charge in [-0.05, 0) is 19.4 Å². The first kappa shape index (κ1) is 13.6. The lowest BCUT2D eigenvalue weighted by Crippen LogP contribution is -2.39. The van der Waals surface area contributed by atoms with Crippen molar-refractivity contribution in [3.63, 3.8) is 0 Å². The van der Waals surface area contributed by atoms with E-state index in [1.165, 1.54) is 0 Å². The van der Waals surface area contributed by atoms with Gasteiger partial charge in [0, 0.05) is 18.0 Å². The molecule has 0 saturated carbocycles. The number of amides is 1. The SMILES string of the molecule is CC1C(C(=O)O)CCN1C(=O)Cn1ncc2ccccc21. The van der Waals surface area contributed by atoms with Gasteiger partial charge in [-0.2, -0.15) is 5.10 Å². The highest BCUT2D eigenvalue weighted by molar-refractivity contribution is 5.83. The van der Waals surface area contributed by atoms with E-state index in [1.807, 2.05) is 24.3 Å². The van der Waals surface area contributed by atoms with E-state index in [1.54, 1.807) is 22.7 Å². The maximum Gasteiger partial charge on any atom is 0.308 e. The molecule has 1 amide bonds. The molecular weight excluding hydrogens is 270 g/mol. The van der Waals surface area contributed by atoms with Crippen molar-refractivity contribution in [2.45, 2.75) is 25.9 Å². The van der Waals surface area contributed by atoms with E-state index in [2.05, 4.69) is 5.10 Å². The number of nitrogens with zero attached hydrogens (tertiary/aromatic N) is 3. The van der Waals surface area contributed by atoms with Gasteiger partial charge < -0.3 is 10.0 Å². The number of benzene rings is 1. The summed E-state index contributed by atoms with van der Waals surface area (Å²) in [5, 5.41) is 14.4. The van der Waals surface area contributed by atoms with Gasteiger partial charge in [0.2, 0.25) is 5.91 Å². The van der Waals surface area contributed by atoms with Crippen molar-refractivity contribution in [2.24, 2.45) is 5.92 Å². The highest BCUT2D eigenvalue weighted by atomic mass is 16.4. The molecule has 2 aromatic rings. The number of rotatable bonds is 3. The summed E-state index contributed by atoms with van der Waals surface area (Å²) in [6, 6.07) is 7.43. The molecule has 2 unspecified atom stereocenters. The number of aliphatic carboxylic acids is 1. The third-order valence-corrected chi connectivity index (χ3v) is 4.23. The van der Waals surface area contributed by atoms with Crippen LogP contribution in [-0.2, 0) is 16.1 Å². The summed E-state index contributed by atoms with van der Waals surface area (Å²) in [5.41, 5.74) is 0.910. The summed E-state index contributed by atoms with van der Waals surface area (Å²) in [5.74, 6) is -1.38. The molecule has 0 bridgehead atoms. The quantitative estimate of drug-likeness (QED) is 0.924. The topological polar surface area (TPSA) is 75.4 Å². The van der Waals surface area contributed by atoms with E-state index in [4.69, 9.17) is 5.11 Å². The van der Waals surface area contributed by atoms with E-state index >= 15 is 0 Å². The Balaban J connectivity index is 1.76. The smallest absolute Gasteiger partial charge is 0.308 e. The monoisotopic (exact) mass is 287 g/mol. The Kier molecular flexibility index (Phi) is 3.37. The van der Waals surface area contributed by atoms with Crippen molar-refractivity contribution >= 4 is 22.8 Å². The lowest BCUT2D eigenvalue weighted by Gasteiger charge is -2.23. The van der Waals surface area contributed by atoms with Gasteiger partial charge in [0.15, 0.2) is 0 Å². The number of para-hydroxylation sites is 1. The molecule has 6 heteroatoms. The molecule has 6 nitrogen and oxygen atoms in total. The van der Waals surface area contributed by atoms with Crippen molar-refractivity contribution < 1.29 is 14.7 Å². The van der Waals surface area contributed by atoms with Crippen LogP contribution in [-0.4, -0.2) is 44.3 Å². The van der Waals surface area contributed by atoms with Crippen LogP contribution < -0.4 is 0 Å². The molecule has 1 saturated heterocycles. The Bertz CT molecular complexity index is 694. The second-order valence-corrected chi connectivity index (χ2v) is 5.42. The van der Waals surface area contributed by atoms with Crippen LogP contribution in [0.25, 0.3) is 10.9 Å². The minimum Gasteiger partial charge on any atom is -0.481 e. The summed E-state index contributed by atoms with van der Waals surface area (Å²) in [6.07, 6.45) is 2.25. The molecule has 2 atom stereocenters. The normalized spacial score (nSPS) is 21.9. The molecule has 0 spiro atoms. The zero-order valence-electron chi connectivity index (χ0n) is 11.8. The van der Waals surface area contributed by atoms with Gasteiger partial charge in [-0.1, -0.05) is 18.2 Å². The molecule has 21 heavy (non-hydrogen) atoms. The average Bonchev–Trinajstić information content (AvgIpc) is 3.03. The first-order valence-electron chi connectivity index (χ1n) is 7.01. The molecule has 1 aliphatic rings. The van der Waals surface area contributed by atoms with Gasteiger partial charge in [-0.25, -0.2) is 0 Å². The van der Waals surface area contributed by atoms with Crippen molar-refractivity contribution in [2.75, 3.05) is 6.54 Å². The Morgan fingerprint density at radius 2 is 2.14 bits per heavy atom. The fourth-order valence-corrected chi connectivity index (χ4v) is 2.99. The first-order valence-corrected chi connectivity index (χ1v) is 7.01. The van der Waals surface area contributed by atoms with Crippen LogP contribution in [0.5, 0.6) is 0 Å². The van der Waals surface area contributed by atoms with Crippen LogP contribution >= 0.6 is 0 Å². The Hall–Kier alpha value is -2.37. The molecule has 0 radical (unpaired) electrons. The Morgan fingerprint density at radius 3 is 2.86 bits per heavy atom. The molecule has 1 aliphatic heterocycles. The fraction of sp³-hybridized carbons (Fsp3) is 0.400. The number of carboxylic acids is 1. The van der Waals surface area contributed by atoms with Crippen LogP contribution in [0.2, 0.25) is 0 Å². The van der Waals surface area contributed by atoms with Crippen molar-refractivity contribution in [1.82, 2.24) is 14.7 Å². The number of aromatic nitrogens is 2. The minimum absolute atomic E-state index is 0.0832. The molecule has 110 valence electrons. The molecule has 3 rings (SSSR count). The van der Waals surface area contributed by atoms with Gasteiger partial charge in [-0.3, -0.25) is 14.3 Å².